The highest BCUT2D eigenvalue weighted by Gasteiger charge is 2.12. The summed E-state index contributed by atoms with van der Waals surface area (Å²) in [6.07, 6.45) is 0. The standard InChI is InChI=1S/C15H15NO3/c1-10-3-8-13(14(17)9-10)15(16-18)11-4-6-12(19-2)7-5-11/h3-9,17-18H,1-2H3/b16-15-. The fourth-order valence-electron chi connectivity index (χ4n) is 1.86. The third kappa shape index (κ3) is 2.68. The zero-order valence-corrected chi connectivity index (χ0v) is 10.8. The molecule has 0 aliphatic carbocycles. The van der Waals surface area contributed by atoms with Gasteiger partial charge < -0.3 is 15.1 Å². The first-order chi connectivity index (χ1) is 9.15. The number of hydrogen-bond acceptors (Lipinski definition) is 4. The van der Waals surface area contributed by atoms with Gasteiger partial charge in [-0.05, 0) is 48.9 Å². The predicted molar refractivity (Wildman–Crippen MR) is 73.3 cm³/mol. The van der Waals surface area contributed by atoms with Crippen molar-refractivity contribution in [3.63, 3.8) is 0 Å². The van der Waals surface area contributed by atoms with E-state index >= 15 is 0 Å². The van der Waals surface area contributed by atoms with Crippen LogP contribution in [0.2, 0.25) is 0 Å². The minimum Gasteiger partial charge on any atom is -0.507 e. The maximum atomic E-state index is 9.94. The molecule has 0 radical (unpaired) electrons. The second-order valence-corrected chi connectivity index (χ2v) is 4.20. The third-order valence-corrected chi connectivity index (χ3v) is 2.87. The molecule has 0 saturated heterocycles. The normalized spacial score (nSPS) is 11.4. The number of rotatable bonds is 3. The summed E-state index contributed by atoms with van der Waals surface area (Å²) in [6.45, 7) is 1.88. The molecule has 0 bridgehead atoms. The molecule has 0 aromatic heterocycles. The van der Waals surface area contributed by atoms with Gasteiger partial charge in [0.2, 0.25) is 0 Å². The maximum Gasteiger partial charge on any atom is 0.125 e. The Morgan fingerprint density at radius 3 is 2.32 bits per heavy atom. The van der Waals surface area contributed by atoms with Crippen LogP contribution in [0.1, 0.15) is 16.7 Å². The van der Waals surface area contributed by atoms with E-state index in [1.165, 1.54) is 0 Å². The van der Waals surface area contributed by atoms with E-state index < -0.39 is 0 Å². The van der Waals surface area contributed by atoms with Crippen molar-refractivity contribution in [2.24, 2.45) is 5.16 Å². The number of oxime groups is 1. The van der Waals surface area contributed by atoms with Crippen LogP contribution in [-0.2, 0) is 0 Å². The van der Waals surface area contributed by atoms with Crippen LogP contribution in [0, 0.1) is 6.92 Å². The zero-order valence-electron chi connectivity index (χ0n) is 10.8. The number of methoxy groups -OCH3 is 1. The van der Waals surface area contributed by atoms with Gasteiger partial charge in [0.15, 0.2) is 0 Å². The van der Waals surface area contributed by atoms with Gasteiger partial charge in [0.25, 0.3) is 0 Å². The van der Waals surface area contributed by atoms with Gasteiger partial charge in [-0.1, -0.05) is 11.2 Å². The Morgan fingerprint density at radius 1 is 1.11 bits per heavy atom. The Hall–Kier alpha value is -2.49. The van der Waals surface area contributed by atoms with Gasteiger partial charge in [0, 0.05) is 11.1 Å². The number of benzene rings is 2. The summed E-state index contributed by atoms with van der Waals surface area (Å²) in [4.78, 5) is 0. The molecule has 19 heavy (non-hydrogen) atoms. The first-order valence-corrected chi connectivity index (χ1v) is 5.82. The molecule has 98 valence electrons. The number of nitrogens with zero attached hydrogens (tertiary/aromatic N) is 1. The summed E-state index contributed by atoms with van der Waals surface area (Å²) in [6, 6.07) is 12.3. The van der Waals surface area contributed by atoms with Crippen molar-refractivity contribution >= 4 is 5.71 Å². The molecule has 0 unspecified atom stereocenters. The van der Waals surface area contributed by atoms with E-state index in [9.17, 15) is 10.3 Å². The summed E-state index contributed by atoms with van der Waals surface area (Å²) < 4.78 is 5.08. The van der Waals surface area contributed by atoms with Crippen molar-refractivity contribution < 1.29 is 15.1 Å². The number of phenolic OH excluding ortho intramolecular Hbond substituents is 1. The summed E-state index contributed by atoms with van der Waals surface area (Å²) in [5.74, 6) is 0.804. The fraction of sp³-hybridized carbons (Fsp3) is 0.133. The molecule has 2 aromatic carbocycles. The van der Waals surface area contributed by atoms with Gasteiger partial charge in [0.05, 0.1) is 7.11 Å². The second-order valence-electron chi connectivity index (χ2n) is 4.20. The predicted octanol–water partition coefficient (Wildman–Crippen LogP) is 2.94. The Labute approximate surface area is 111 Å². The molecule has 4 heteroatoms. The third-order valence-electron chi connectivity index (χ3n) is 2.87. The lowest BCUT2D eigenvalue weighted by atomic mass is 10.0. The molecule has 0 aliphatic heterocycles. The first-order valence-electron chi connectivity index (χ1n) is 5.82. The first kappa shape index (κ1) is 13.0. The molecular weight excluding hydrogens is 242 g/mol. The van der Waals surface area contributed by atoms with E-state index in [-0.39, 0.29) is 5.75 Å². The van der Waals surface area contributed by atoms with Gasteiger partial charge in [-0.15, -0.1) is 0 Å². The highest BCUT2D eigenvalue weighted by atomic mass is 16.5. The molecule has 0 aliphatic rings. The van der Waals surface area contributed by atoms with Crippen molar-refractivity contribution in [1.82, 2.24) is 0 Å². The maximum absolute atomic E-state index is 9.94. The number of phenols is 1. The van der Waals surface area contributed by atoms with Gasteiger partial charge >= 0.3 is 0 Å². The molecule has 0 heterocycles. The van der Waals surface area contributed by atoms with Crippen molar-refractivity contribution in [3.05, 3.63) is 59.2 Å². The lowest BCUT2D eigenvalue weighted by Crippen LogP contribution is -2.04. The molecular formula is C15H15NO3. The van der Waals surface area contributed by atoms with E-state index in [4.69, 9.17) is 4.74 Å². The van der Waals surface area contributed by atoms with E-state index in [0.29, 0.717) is 22.6 Å². The second kappa shape index (κ2) is 5.44. The average Bonchev–Trinajstić information content (AvgIpc) is 2.42. The molecule has 2 N–H and O–H groups in total. The number of aryl methyl sites for hydroxylation is 1. The topological polar surface area (TPSA) is 62.0 Å². The van der Waals surface area contributed by atoms with Crippen molar-refractivity contribution in [1.29, 1.82) is 0 Å². The molecule has 0 fully saturated rings. The molecule has 0 spiro atoms. The van der Waals surface area contributed by atoms with Crippen LogP contribution in [0.5, 0.6) is 11.5 Å². The van der Waals surface area contributed by atoms with E-state index in [1.807, 2.05) is 13.0 Å². The van der Waals surface area contributed by atoms with Crippen LogP contribution in [-0.4, -0.2) is 23.1 Å². The Balaban J connectivity index is 2.44. The zero-order chi connectivity index (χ0) is 13.8. The lowest BCUT2D eigenvalue weighted by Gasteiger charge is -2.08. The van der Waals surface area contributed by atoms with Crippen LogP contribution in [0.4, 0.5) is 0 Å². The largest absolute Gasteiger partial charge is 0.507 e. The van der Waals surface area contributed by atoms with Crippen LogP contribution >= 0.6 is 0 Å². The van der Waals surface area contributed by atoms with Crippen molar-refractivity contribution in [2.45, 2.75) is 6.92 Å². The number of ether oxygens (including phenoxy) is 1. The Bertz CT molecular complexity index is 603. The van der Waals surface area contributed by atoms with Gasteiger partial charge in [0.1, 0.15) is 17.2 Å². The average molecular weight is 257 g/mol. The lowest BCUT2D eigenvalue weighted by molar-refractivity contribution is 0.319. The molecule has 0 amide bonds. The van der Waals surface area contributed by atoms with Gasteiger partial charge in [-0.2, -0.15) is 0 Å². The summed E-state index contributed by atoms with van der Waals surface area (Å²) in [5, 5.41) is 22.4. The summed E-state index contributed by atoms with van der Waals surface area (Å²) in [7, 11) is 1.59. The smallest absolute Gasteiger partial charge is 0.125 e. The van der Waals surface area contributed by atoms with Crippen LogP contribution in [0.25, 0.3) is 0 Å². The molecule has 0 saturated carbocycles. The van der Waals surface area contributed by atoms with E-state index in [0.717, 1.165) is 5.56 Å². The quantitative estimate of drug-likeness (QED) is 0.505. The van der Waals surface area contributed by atoms with Crippen LogP contribution in [0.3, 0.4) is 0 Å². The summed E-state index contributed by atoms with van der Waals surface area (Å²) in [5.41, 5.74) is 2.44. The highest BCUT2D eigenvalue weighted by Crippen LogP contribution is 2.23. The SMILES string of the molecule is COc1ccc(/C(=N/O)c2ccc(C)cc2O)cc1. The van der Waals surface area contributed by atoms with Gasteiger partial charge in [-0.3, -0.25) is 0 Å². The highest BCUT2D eigenvalue weighted by molar-refractivity contribution is 6.14. The van der Waals surface area contributed by atoms with Crippen LogP contribution in [0.15, 0.2) is 47.6 Å². The molecule has 2 rings (SSSR count). The molecule has 4 nitrogen and oxygen atoms in total. The minimum atomic E-state index is 0.0867. The van der Waals surface area contributed by atoms with Crippen molar-refractivity contribution in [2.75, 3.05) is 7.11 Å². The summed E-state index contributed by atoms with van der Waals surface area (Å²) >= 11 is 0. The minimum absolute atomic E-state index is 0.0867. The Morgan fingerprint density at radius 2 is 1.79 bits per heavy atom. The number of hydrogen-bond donors (Lipinski definition) is 2. The van der Waals surface area contributed by atoms with Crippen LogP contribution < -0.4 is 4.74 Å². The van der Waals surface area contributed by atoms with E-state index in [2.05, 4.69) is 5.16 Å². The number of aromatic hydroxyl groups is 1. The molecule has 2 aromatic rings. The van der Waals surface area contributed by atoms with Crippen molar-refractivity contribution in [3.8, 4) is 11.5 Å². The van der Waals surface area contributed by atoms with Gasteiger partial charge in [-0.25, -0.2) is 0 Å². The monoisotopic (exact) mass is 257 g/mol. The Kier molecular flexibility index (Phi) is 3.71. The van der Waals surface area contributed by atoms with E-state index in [1.54, 1.807) is 43.5 Å². The molecule has 0 atom stereocenters. The fourth-order valence-corrected chi connectivity index (χ4v) is 1.86.